The van der Waals surface area contributed by atoms with E-state index < -0.39 is 17.0 Å². The first-order valence-electron chi connectivity index (χ1n) is 8.32. The van der Waals surface area contributed by atoms with Crippen molar-refractivity contribution in [1.29, 1.82) is 0 Å². The van der Waals surface area contributed by atoms with Crippen LogP contribution in [0.1, 0.15) is 34.1 Å². The van der Waals surface area contributed by atoms with E-state index in [1.54, 1.807) is 11.8 Å². The molecule has 1 saturated carbocycles. The van der Waals surface area contributed by atoms with Gasteiger partial charge < -0.3 is 25.4 Å². The number of nitrogens with zero attached hydrogens (tertiary/aromatic N) is 1. The number of hydrogen-bond donors (Lipinski definition) is 2. The van der Waals surface area contributed by atoms with Crippen molar-refractivity contribution in [3.63, 3.8) is 0 Å². The second-order valence-corrected chi connectivity index (χ2v) is 6.97. The van der Waals surface area contributed by atoms with Gasteiger partial charge in [0.1, 0.15) is 11.6 Å². The van der Waals surface area contributed by atoms with E-state index in [-0.39, 0.29) is 17.9 Å². The third-order valence-corrected chi connectivity index (χ3v) is 5.28. The van der Waals surface area contributed by atoms with Gasteiger partial charge in [-0.25, -0.2) is 0 Å². The average Bonchev–Trinajstić information content (AvgIpc) is 2.54. The maximum atomic E-state index is 12.6. The molecule has 3 N–H and O–H groups in total. The molecular formula is C16H29N3O4. The molecule has 0 aromatic carbocycles. The minimum absolute atomic E-state index is 0.0338. The summed E-state index contributed by atoms with van der Waals surface area (Å²) >= 11 is 0. The largest absolute Gasteiger partial charge is 0.378 e. The summed E-state index contributed by atoms with van der Waals surface area (Å²) in [5.74, 6) is -0.378. The molecule has 132 valence electrons. The van der Waals surface area contributed by atoms with Crippen LogP contribution in [-0.2, 0) is 19.1 Å². The quantitative estimate of drug-likeness (QED) is 0.734. The van der Waals surface area contributed by atoms with Gasteiger partial charge in [-0.3, -0.25) is 9.59 Å². The van der Waals surface area contributed by atoms with E-state index in [9.17, 15) is 9.59 Å². The standard InChI is InChI=1S/C16H29N3O4/c1-5-23-12-10-16(17,15(12,3)4)14(21)18-11(2)13(20)19-6-8-22-9-7-19/h11-12H,5-10,17H2,1-4H3,(H,18,21). The van der Waals surface area contributed by atoms with E-state index in [1.807, 2.05) is 20.8 Å². The molecule has 3 atom stereocenters. The van der Waals surface area contributed by atoms with Crippen molar-refractivity contribution in [2.24, 2.45) is 11.1 Å². The van der Waals surface area contributed by atoms with E-state index in [0.717, 1.165) is 0 Å². The van der Waals surface area contributed by atoms with E-state index >= 15 is 0 Å². The lowest BCUT2D eigenvalue weighted by atomic mass is 9.54. The van der Waals surface area contributed by atoms with Crippen molar-refractivity contribution in [3.8, 4) is 0 Å². The summed E-state index contributed by atoms with van der Waals surface area (Å²) in [6, 6.07) is -0.594. The van der Waals surface area contributed by atoms with Crippen LogP contribution in [0.3, 0.4) is 0 Å². The van der Waals surface area contributed by atoms with E-state index in [4.69, 9.17) is 15.2 Å². The second kappa shape index (κ2) is 6.75. The highest BCUT2D eigenvalue weighted by atomic mass is 16.5. The molecule has 0 aromatic rings. The van der Waals surface area contributed by atoms with Gasteiger partial charge in [0, 0.05) is 31.5 Å². The van der Waals surface area contributed by atoms with Crippen LogP contribution in [0.5, 0.6) is 0 Å². The molecule has 23 heavy (non-hydrogen) atoms. The maximum absolute atomic E-state index is 12.6. The van der Waals surface area contributed by atoms with E-state index in [1.165, 1.54) is 0 Å². The number of ether oxygens (including phenoxy) is 2. The summed E-state index contributed by atoms with van der Waals surface area (Å²) in [6.07, 6.45) is 0.437. The van der Waals surface area contributed by atoms with Gasteiger partial charge in [-0.1, -0.05) is 13.8 Å². The van der Waals surface area contributed by atoms with Gasteiger partial charge in [-0.2, -0.15) is 0 Å². The van der Waals surface area contributed by atoms with Crippen LogP contribution < -0.4 is 11.1 Å². The fourth-order valence-corrected chi connectivity index (χ4v) is 3.27. The first-order valence-corrected chi connectivity index (χ1v) is 8.32. The first-order chi connectivity index (χ1) is 10.7. The summed E-state index contributed by atoms with van der Waals surface area (Å²) in [6.45, 7) is 10.3. The van der Waals surface area contributed by atoms with Crippen LogP contribution in [-0.4, -0.2) is 67.3 Å². The molecule has 2 aliphatic rings. The number of nitrogens with two attached hydrogens (primary N) is 1. The molecule has 2 fully saturated rings. The van der Waals surface area contributed by atoms with Crippen LogP contribution in [0.2, 0.25) is 0 Å². The van der Waals surface area contributed by atoms with Gasteiger partial charge in [0.2, 0.25) is 11.8 Å². The molecule has 0 radical (unpaired) electrons. The predicted octanol–water partition coefficient (Wildman–Crippen LogP) is -0.118. The highest BCUT2D eigenvalue weighted by molar-refractivity contribution is 5.93. The third kappa shape index (κ3) is 3.22. The van der Waals surface area contributed by atoms with Crippen LogP contribution in [0.25, 0.3) is 0 Å². The molecule has 0 bridgehead atoms. The monoisotopic (exact) mass is 327 g/mol. The summed E-state index contributed by atoms with van der Waals surface area (Å²) in [5, 5.41) is 2.79. The normalized spacial score (nSPS) is 31.2. The molecule has 2 amide bonds. The van der Waals surface area contributed by atoms with Crippen LogP contribution in [0.15, 0.2) is 0 Å². The zero-order valence-electron chi connectivity index (χ0n) is 14.6. The molecule has 7 nitrogen and oxygen atoms in total. The first kappa shape index (κ1) is 18.2. The lowest BCUT2D eigenvalue weighted by molar-refractivity contribution is -0.171. The topological polar surface area (TPSA) is 93.9 Å². The number of amides is 2. The van der Waals surface area contributed by atoms with Crippen molar-refractivity contribution in [2.75, 3.05) is 32.9 Å². The second-order valence-electron chi connectivity index (χ2n) is 6.97. The lowest BCUT2D eigenvalue weighted by Crippen LogP contribution is -2.76. The predicted molar refractivity (Wildman–Crippen MR) is 85.7 cm³/mol. The molecule has 1 aliphatic carbocycles. The summed E-state index contributed by atoms with van der Waals surface area (Å²) in [4.78, 5) is 26.7. The molecular weight excluding hydrogens is 298 g/mol. The van der Waals surface area contributed by atoms with Crippen molar-refractivity contribution in [2.45, 2.75) is 51.8 Å². The lowest BCUT2D eigenvalue weighted by Gasteiger charge is -2.57. The zero-order chi connectivity index (χ0) is 17.3. The van der Waals surface area contributed by atoms with Gasteiger partial charge in [0.25, 0.3) is 0 Å². The Balaban J connectivity index is 1.94. The van der Waals surface area contributed by atoms with Crippen LogP contribution in [0.4, 0.5) is 0 Å². The number of rotatable bonds is 5. The Labute approximate surface area is 137 Å². The Morgan fingerprint density at radius 1 is 1.39 bits per heavy atom. The minimum Gasteiger partial charge on any atom is -0.378 e. The molecule has 0 spiro atoms. The fourth-order valence-electron chi connectivity index (χ4n) is 3.27. The minimum atomic E-state index is -1.01. The third-order valence-electron chi connectivity index (χ3n) is 5.28. The molecule has 0 aromatic heterocycles. The van der Waals surface area contributed by atoms with Gasteiger partial charge in [0.05, 0.1) is 19.3 Å². The number of hydrogen-bond acceptors (Lipinski definition) is 5. The fraction of sp³-hybridized carbons (Fsp3) is 0.875. The van der Waals surface area contributed by atoms with Crippen molar-refractivity contribution >= 4 is 11.8 Å². The number of morpholine rings is 1. The maximum Gasteiger partial charge on any atom is 0.245 e. The SMILES string of the molecule is CCOC1CC(N)(C(=O)NC(C)C(=O)N2CCOCC2)C1(C)C. The zero-order valence-corrected chi connectivity index (χ0v) is 14.6. The molecule has 3 unspecified atom stereocenters. The average molecular weight is 327 g/mol. The van der Waals surface area contributed by atoms with Crippen molar-refractivity contribution in [1.82, 2.24) is 10.2 Å². The van der Waals surface area contributed by atoms with Crippen LogP contribution in [0, 0.1) is 5.41 Å². The van der Waals surface area contributed by atoms with Gasteiger partial charge in [0.15, 0.2) is 0 Å². The summed E-state index contributed by atoms with van der Waals surface area (Å²) in [7, 11) is 0. The molecule has 1 heterocycles. The number of carbonyl (C=O) groups is 2. The molecule has 7 heteroatoms. The Morgan fingerprint density at radius 3 is 2.52 bits per heavy atom. The molecule has 1 aliphatic heterocycles. The number of carbonyl (C=O) groups excluding carboxylic acids is 2. The van der Waals surface area contributed by atoms with Gasteiger partial charge >= 0.3 is 0 Å². The molecule has 2 rings (SSSR count). The smallest absolute Gasteiger partial charge is 0.245 e. The Kier molecular flexibility index (Phi) is 5.33. The van der Waals surface area contributed by atoms with Crippen molar-refractivity contribution < 1.29 is 19.1 Å². The van der Waals surface area contributed by atoms with Crippen molar-refractivity contribution in [3.05, 3.63) is 0 Å². The Morgan fingerprint density at radius 2 is 2.00 bits per heavy atom. The van der Waals surface area contributed by atoms with Gasteiger partial charge in [-0.05, 0) is 13.8 Å². The number of nitrogens with one attached hydrogen (secondary N) is 1. The molecule has 1 saturated heterocycles. The van der Waals surface area contributed by atoms with Crippen LogP contribution >= 0.6 is 0 Å². The Hall–Kier alpha value is -1.18. The highest BCUT2D eigenvalue weighted by Gasteiger charge is 2.63. The van der Waals surface area contributed by atoms with E-state index in [0.29, 0.717) is 39.3 Å². The highest BCUT2D eigenvalue weighted by Crippen LogP contribution is 2.49. The summed E-state index contributed by atoms with van der Waals surface area (Å²) < 4.78 is 10.9. The van der Waals surface area contributed by atoms with Gasteiger partial charge in [-0.15, -0.1) is 0 Å². The summed E-state index contributed by atoms with van der Waals surface area (Å²) in [5.41, 5.74) is 4.86. The van der Waals surface area contributed by atoms with E-state index in [2.05, 4.69) is 5.32 Å². The Bertz CT molecular complexity index is 462.